The molecule has 0 aliphatic heterocycles. The van der Waals surface area contributed by atoms with E-state index in [4.69, 9.17) is 6.42 Å². The molecule has 94 valence electrons. The van der Waals surface area contributed by atoms with Gasteiger partial charge in [-0.15, -0.1) is 12.3 Å². The summed E-state index contributed by atoms with van der Waals surface area (Å²) in [6.07, 6.45) is 6.10. The molecule has 0 bridgehead atoms. The summed E-state index contributed by atoms with van der Waals surface area (Å²) >= 11 is 0. The van der Waals surface area contributed by atoms with Crippen molar-refractivity contribution in [1.82, 2.24) is 5.32 Å². The second-order valence-electron chi connectivity index (χ2n) is 3.48. The van der Waals surface area contributed by atoms with Crippen LogP contribution in [0, 0.1) is 28.3 Å². The molecule has 0 aromatic heterocycles. The number of non-ortho nitro benzene ring substituents is 1. The Morgan fingerprint density at radius 1 is 1.56 bits per heavy atom. The Labute approximate surface area is 103 Å². The lowest BCUT2D eigenvalue weighted by Gasteiger charge is -2.04. The summed E-state index contributed by atoms with van der Waals surface area (Å²) in [5, 5.41) is 13.0. The number of unbranched alkanes of at least 4 members (excludes halogenated alkanes) is 1. The van der Waals surface area contributed by atoms with Gasteiger partial charge in [0.1, 0.15) is 5.82 Å². The number of carbonyl (C=O) groups is 1. The Kier molecular flexibility index (Phi) is 4.81. The first-order valence-electron chi connectivity index (χ1n) is 5.22. The maximum absolute atomic E-state index is 13.3. The molecule has 0 aliphatic carbocycles. The van der Waals surface area contributed by atoms with E-state index >= 15 is 0 Å². The molecule has 0 saturated carbocycles. The summed E-state index contributed by atoms with van der Waals surface area (Å²) in [7, 11) is 0. The summed E-state index contributed by atoms with van der Waals surface area (Å²) in [5.74, 6) is 0.919. The van der Waals surface area contributed by atoms with Gasteiger partial charge >= 0.3 is 0 Å². The molecule has 1 N–H and O–H groups in total. The quantitative estimate of drug-likeness (QED) is 0.375. The largest absolute Gasteiger partial charge is 0.352 e. The number of hydrogen-bond acceptors (Lipinski definition) is 3. The SMILES string of the molecule is C#CCCCNC(=O)c1cc([N+](=O)[O-])ccc1F. The summed E-state index contributed by atoms with van der Waals surface area (Å²) in [4.78, 5) is 21.4. The average Bonchev–Trinajstić information content (AvgIpc) is 2.34. The zero-order valence-corrected chi connectivity index (χ0v) is 9.48. The van der Waals surface area contributed by atoms with Gasteiger partial charge < -0.3 is 5.32 Å². The van der Waals surface area contributed by atoms with Crippen LogP contribution in [0.1, 0.15) is 23.2 Å². The number of amides is 1. The van der Waals surface area contributed by atoms with E-state index in [2.05, 4.69) is 11.2 Å². The number of benzene rings is 1. The second-order valence-corrected chi connectivity index (χ2v) is 3.48. The van der Waals surface area contributed by atoms with Crippen LogP contribution in [0.15, 0.2) is 18.2 Å². The van der Waals surface area contributed by atoms with E-state index in [1.54, 1.807) is 0 Å². The lowest BCUT2D eigenvalue weighted by molar-refractivity contribution is -0.384. The number of rotatable bonds is 5. The Balaban J connectivity index is 2.76. The molecule has 18 heavy (non-hydrogen) atoms. The van der Waals surface area contributed by atoms with Crippen LogP contribution in [-0.4, -0.2) is 17.4 Å². The molecular weight excluding hydrogens is 239 g/mol. The molecule has 1 aromatic rings. The lowest BCUT2D eigenvalue weighted by atomic mass is 10.1. The number of nitrogens with zero attached hydrogens (tertiary/aromatic N) is 1. The fourth-order valence-corrected chi connectivity index (χ4v) is 1.29. The minimum Gasteiger partial charge on any atom is -0.352 e. The minimum absolute atomic E-state index is 0.297. The highest BCUT2D eigenvalue weighted by molar-refractivity contribution is 5.95. The van der Waals surface area contributed by atoms with Crippen LogP contribution in [0.3, 0.4) is 0 Å². The van der Waals surface area contributed by atoms with Crippen LogP contribution >= 0.6 is 0 Å². The average molecular weight is 250 g/mol. The molecule has 0 radical (unpaired) electrons. The van der Waals surface area contributed by atoms with Gasteiger partial charge in [0.05, 0.1) is 10.5 Å². The third-order valence-corrected chi connectivity index (χ3v) is 2.19. The molecule has 0 unspecified atom stereocenters. The third-order valence-electron chi connectivity index (χ3n) is 2.19. The fraction of sp³-hybridized carbons (Fsp3) is 0.250. The van der Waals surface area contributed by atoms with Crippen molar-refractivity contribution in [2.45, 2.75) is 12.8 Å². The van der Waals surface area contributed by atoms with Gasteiger partial charge in [-0.25, -0.2) is 4.39 Å². The molecule has 6 heteroatoms. The Hall–Kier alpha value is -2.42. The van der Waals surface area contributed by atoms with Crippen molar-refractivity contribution >= 4 is 11.6 Å². The van der Waals surface area contributed by atoms with Crippen molar-refractivity contribution in [3.8, 4) is 12.3 Å². The van der Waals surface area contributed by atoms with E-state index in [-0.39, 0.29) is 11.3 Å². The minimum atomic E-state index is -0.796. The van der Waals surface area contributed by atoms with Crippen LogP contribution in [0.2, 0.25) is 0 Å². The van der Waals surface area contributed by atoms with Gasteiger partial charge in [-0.1, -0.05) is 0 Å². The predicted octanol–water partition coefficient (Wildman–Crippen LogP) is 1.88. The van der Waals surface area contributed by atoms with E-state index in [1.165, 1.54) is 0 Å². The van der Waals surface area contributed by atoms with Gasteiger partial charge in [0, 0.05) is 25.1 Å². The van der Waals surface area contributed by atoms with Crippen molar-refractivity contribution in [2.75, 3.05) is 6.54 Å². The summed E-state index contributed by atoms with van der Waals surface area (Å²) in [6, 6.07) is 2.81. The third kappa shape index (κ3) is 3.56. The number of nitro benzene ring substituents is 1. The van der Waals surface area contributed by atoms with Crippen LogP contribution in [0.25, 0.3) is 0 Å². The van der Waals surface area contributed by atoms with Gasteiger partial charge in [-0.2, -0.15) is 0 Å². The molecule has 0 spiro atoms. The Morgan fingerprint density at radius 2 is 2.28 bits per heavy atom. The lowest BCUT2D eigenvalue weighted by Crippen LogP contribution is -2.25. The molecule has 1 aromatic carbocycles. The second kappa shape index (κ2) is 6.35. The Morgan fingerprint density at radius 3 is 2.89 bits per heavy atom. The monoisotopic (exact) mass is 250 g/mol. The van der Waals surface area contributed by atoms with Crippen molar-refractivity contribution in [3.05, 3.63) is 39.7 Å². The number of nitro groups is 1. The predicted molar refractivity (Wildman–Crippen MR) is 63.5 cm³/mol. The maximum Gasteiger partial charge on any atom is 0.270 e. The summed E-state index contributed by atoms with van der Waals surface area (Å²) < 4.78 is 13.3. The first kappa shape index (κ1) is 13.6. The number of nitrogens with one attached hydrogen (secondary N) is 1. The normalized spacial score (nSPS) is 9.56. The van der Waals surface area contributed by atoms with Crippen molar-refractivity contribution in [3.63, 3.8) is 0 Å². The van der Waals surface area contributed by atoms with E-state index in [9.17, 15) is 19.3 Å². The number of hydrogen-bond donors (Lipinski definition) is 1. The van der Waals surface area contributed by atoms with E-state index in [0.29, 0.717) is 19.4 Å². The molecule has 0 saturated heterocycles. The highest BCUT2D eigenvalue weighted by atomic mass is 19.1. The van der Waals surface area contributed by atoms with E-state index in [0.717, 1.165) is 18.2 Å². The van der Waals surface area contributed by atoms with Crippen LogP contribution in [0.5, 0.6) is 0 Å². The van der Waals surface area contributed by atoms with Crippen LogP contribution in [0.4, 0.5) is 10.1 Å². The van der Waals surface area contributed by atoms with Gasteiger partial charge in [-0.3, -0.25) is 14.9 Å². The van der Waals surface area contributed by atoms with E-state index < -0.39 is 16.6 Å². The van der Waals surface area contributed by atoms with Crippen molar-refractivity contribution < 1.29 is 14.1 Å². The number of terminal acetylenes is 1. The molecule has 1 amide bonds. The summed E-state index contributed by atoms with van der Waals surface area (Å²) in [5.41, 5.74) is -0.671. The topological polar surface area (TPSA) is 72.2 Å². The van der Waals surface area contributed by atoms with Crippen LogP contribution in [-0.2, 0) is 0 Å². The highest BCUT2D eigenvalue weighted by Gasteiger charge is 2.16. The van der Waals surface area contributed by atoms with Gasteiger partial charge in [0.15, 0.2) is 0 Å². The van der Waals surface area contributed by atoms with Crippen molar-refractivity contribution in [2.24, 2.45) is 0 Å². The van der Waals surface area contributed by atoms with Gasteiger partial charge in [-0.05, 0) is 12.5 Å². The standard InChI is InChI=1S/C12H11FN2O3/c1-2-3-4-7-14-12(16)10-8-9(15(17)18)5-6-11(10)13/h1,5-6,8H,3-4,7H2,(H,14,16). The zero-order valence-electron chi connectivity index (χ0n) is 9.48. The summed E-state index contributed by atoms with van der Waals surface area (Å²) in [6.45, 7) is 0.297. The molecular formula is C12H11FN2O3. The number of carbonyl (C=O) groups excluding carboxylic acids is 1. The first-order valence-corrected chi connectivity index (χ1v) is 5.22. The van der Waals surface area contributed by atoms with Gasteiger partial charge in [0.2, 0.25) is 0 Å². The smallest absolute Gasteiger partial charge is 0.270 e. The molecule has 1 rings (SSSR count). The highest BCUT2D eigenvalue weighted by Crippen LogP contribution is 2.16. The van der Waals surface area contributed by atoms with Gasteiger partial charge in [0.25, 0.3) is 11.6 Å². The number of halogens is 1. The first-order chi connectivity index (χ1) is 8.56. The van der Waals surface area contributed by atoms with Crippen LogP contribution < -0.4 is 5.32 Å². The Bertz CT molecular complexity index is 509. The molecule has 0 fully saturated rings. The maximum atomic E-state index is 13.3. The molecule has 0 aliphatic rings. The zero-order chi connectivity index (χ0) is 13.5. The van der Waals surface area contributed by atoms with E-state index in [1.807, 2.05) is 0 Å². The van der Waals surface area contributed by atoms with Crippen molar-refractivity contribution in [1.29, 1.82) is 0 Å². The fourth-order valence-electron chi connectivity index (χ4n) is 1.29. The molecule has 0 heterocycles. The molecule has 0 atom stereocenters. The molecule has 5 nitrogen and oxygen atoms in total.